The molecule has 0 bridgehead atoms. The summed E-state index contributed by atoms with van der Waals surface area (Å²) in [5.41, 5.74) is 11.6. The first kappa shape index (κ1) is 37.6. The number of carboxylic acids is 1. The number of ether oxygens (including phenoxy) is 3. The quantitative estimate of drug-likeness (QED) is 0.175. The van der Waals surface area contributed by atoms with Gasteiger partial charge in [0.1, 0.15) is 29.8 Å². The second-order valence-electron chi connectivity index (χ2n) is 13.8. The first-order valence-corrected chi connectivity index (χ1v) is 16.3. The number of amides is 3. The van der Waals surface area contributed by atoms with Crippen molar-refractivity contribution in [2.24, 2.45) is 11.5 Å². The number of rotatable bonds is 13. The predicted octanol–water partition coefficient (Wildman–Crippen LogP) is 2.16. The number of nitrogens with zero attached hydrogens (tertiary/aromatic N) is 2. The molecule has 2 aliphatic rings. The van der Waals surface area contributed by atoms with Crippen molar-refractivity contribution in [1.29, 1.82) is 0 Å². The fourth-order valence-electron chi connectivity index (χ4n) is 5.75. The maximum Gasteiger partial charge on any atom is 0.415 e. The Morgan fingerprint density at radius 1 is 0.860 bits per heavy atom. The number of aliphatic carboxylic acids is 1. The third-order valence-electron chi connectivity index (χ3n) is 8.45. The van der Waals surface area contributed by atoms with Gasteiger partial charge in [-0.05, 0) is 77.1 Å². The van der Waals surface area contributed by atoms with Gasteiger partial charge in [0, 0.05) is 18.5 Å². The molecular formula is C35H45N5O10. The van der Waals surface area contributed by atoms with E-state index in [0.717, 1.165) is 11.1 Å². The van der Waals surface area contributed by atoms with Crippen LogP contribution in [0.15, 0.2) is 48.5 Å². The maximum absolute atomic E-state index is 13.8. The van der Waals surface area contributed by atoms with Gasteiger partial charge in [0.2, 0.25) is 5.91 Å². The molecule has 0 saturated carbocycles. The van der Waals surface area contributed by atoms with Crippen molar-refractivity contribution >= 4 is 47.2 Å². The molecular weight excluding hydrogens is 650 g/mol. The summed E-state index contributed by atoms with van der Waals surface area (Å²) in [5, 5.41) is 12.3. The van der Waals surface area contributed by atoms with E-state index in [1.807, 2.05) is 6.07 Å². The minimum Gasteiger partial charge on any atom is -0.480 e. The normalized spacial score (nSPS) is 18.0. The number of esters is 2. The summed E-state index contributed by atoms with van der Waals surface area (Å²) in [6.07, 6.45) is -0.251. The van der Waals surface area contributed by atoms with Gasteiger partial charge >= 0.3 is 24.0 Å². The van der Waals surface area contributed by atoms with E-state index in [1.54, 1.807) is 63.2 Å². The van der Waals surface area contributed by atoms with Crippen LogP contribution in [-0.4, -0.2) is 83.0 Å². The van der Waals surface area contributed by atoms with Gasteiger partial charge in [-0.1, -0.05) is 36.4 Å². The molecule has 270 valence electrons. The lowest BCUT2D eigenvalue weighted by Crippen LogP contribution is -2.54. The van der Waals surface area contributed by atoms with E-state index >= 15 is 0 Å². The SMILES string of the molecule is CC(C)(C)OC(=O)N1c2ccccc2C[C@@H]1C(=O)N[C@@H](CCC[C@H](N)C(=O)OCN1c2ccccc2C[C@H]1C(=O)O)C(=O)OC(C)(C)C(N)=O. The Kier molecular flexibility index (Phi) is 11.4. The molecule has 4 rings (SSSR count). The largest absolute Gasteiger partial charge is 0.480 e. The summed E-state index contributed by atoms with van der Waals surface area (Å²) < 4.78 is 16.3. The van der Waals surface area contributed by atoms with Gasteiger partial charge in [0.25, 0.3) is 5.91 Å². The van der Waals surface area contributed by atoms with Crippen LogP contribution in [0.3, 0.4) is 0 Å². The van der Waals surface area contributed by atoms with Crippen LogP contribution in [-0.2, 0) is 51.0 Å². The lowest BCUT2D eigenvalue weighted by atomic mass is 10.0. The highest BCUT2D eigenvalue weighted by molar-refractivity contribution is 6.01. The number of anilines is 2. The second-order valence-corrected chi connectivity index (χ2v) is 13.8. The van der Waals surface area contributed by atoms with E-state index in [2.05, 4.69) is 5.32 Å². The summed E-state index contributed by atoms with van der Waals surface area (Å²) >= 11 is 0. The van der Waals surface area contributed by atoms with Crippen molar-refractivity contribution in [1.82, 2.24) is 5.32 Å². The van der Waals surface area contributed by atoms with Crippen molar-refractivity contribution in [3.05, 3.63) is 59.7 Å². The fourth-order valence-corrected chi connectivity index (χ4v) is 5.75. The monoisotopic (exact) mass is 695 g/mol. The van der Waals surface area contributed by atoms with E-state index in [-0.39, 0.29) is 38.8 Å². The number of nitrogens with two attached hydrogens (primary N) is 2. The Bertz CT molecular complexity index is 1640. The number of hydrogen-bond donors (Lipinski definition) is 4. The van der Waals surface area contributed by atoms with Crippen molar-refractivity contribution < 1.29 is 48.1 Å². The van der Waals surface area contributed by atoms with Crippen molar-refractivity contribution in [2.75, 3.05) is 16.5 Å². The van der Waals surface area contributed by atoms with Crippen LogP contribution >= 0.6 is 0 Å². The minimum atomic E-state index is -1.70. The first-order chi connectivity index (χ1) is 23.4. The van der Waals surface area contributed by atoms with Crippen LogP contribution in [0.2, 0.25) is 0 Å². The highest BCUT2D eigenvalue weighted by Crippen LogP contribution is 2.34. The highest BCUT2D eigenvalue weighted by Gasteiger charge is 2.42. The van der Waals surface area contributed by atoms with Crippen LogP contribution in [0, 0.1) is 0 Å². The summed E-state index contributed by atoms with van der Waals surface area (Å²) in [4.78, 5) is 79.7. The third kappa shape index (κ3) is 8.88. The van der Waals surface area contributed by atoms with Crippen LogP contribution in [0.1, 0.15) is 65.0 Å². The molecule has 0 saturated heterocycles. The highest BCUT2D eigenvalue weighted by atomic mass is 16.6. The Hall–Kier alpha value is -5.18. The van der Waals surface area contributed by atoms with E-state index in [0.29, 0.717) is 11.4 Å². The van der Waals surface area contributed by atoms with Crippen molar-refractivity contribution in [3.8, 4) is 0 Å². The number of carbonyl (C=O) groups excluding carboxylic acids is 5. The Balaban J connectivity index is 1.43. The van der Waals surface area contributed by atoms with E-state index in [4.69, 9.17) is 25.7 Å². The molecule has 15 heteroatoms. The number of fused-ring (bicyclic) bond motifs is 2. The zero-order valence-corrected chi connectivity index (χ0v) is 28.8. The molecule has 0 radical (unpaired) electrons. The molecule has 0 unspecified atom stereocenters. The maximum atomic E-state index is 13.8. The standard InChI is InChI=1S/C35H45N5O10/c1-34(2,3)50-33(47)40-25-16-9-7-12-21(25)17-26(40)28(41)38-23(31(45)49-35(4,5)32(37)46)14-10-13-22(36)30(44)48-19-39-24-15-8-6-11-20(24)18-27(39)29(42)43/h6-9,11-12,15-16,22-23,26-27H,10,13-14,17-19,36H2,1-5H3,(H2,37,46)(H,38,41)(H,42,43)/t22-,23-,26+,27-/m0/s1. The first-order valence-electron chi connectivity index (χ1n) is 16.3. The van der Waals surface area contributed by atoms with E-state index in [9.17, 15) is 33.9 Å². The number of nitrogens with one attached hydrogen (secondary N) is 1. The van der Waals surface area contributed by atoms with Crippen LogP contribution in [0.5, 0.6) is 0 Å². The van der Waals surface area contributed by atoms with E-state index < -0.39 is 71.2 Å². The molecule has 2 aromatic carbocycles. The molecule has 2 heterocycles. The zero-order chi connectivity index (χ0) is 37.0. The van der Waals surface area contributed by atoms with Gasteiger partial charge in [-0.25, -0.2) is 14.4 Å². The zero-order valence-electron chi connectivity index (χ0n) is 28.8. The number of carboxylic acid groups (broad SMARTS) is 1. The minimum absolute atomic E-state index is 0.0234. The smallest absolute Gasteiger partial charge is 0.415 e. The molecule has 15 nitrogen and oxygen atoms in total. The number of carbonyl (C=O) groups is 6. The number of hydrogen-bond acceptors (Lipinski definition) is 11. The molecule has 0 fully saturated rings. The second kappa shape index (κ2) is 15.2. The molecule has 0 spiro atoms. The lowest BCUT2D eigenvalue weighted by molar-refractivity contribution is -0.166. The van der Waals surface area contributed by atoms with Gasteiger partial charge < -0.3 is 41.0 Å². The van der Waals surface area contributed by atoms with Crippen LogP contribution < -0.4 is 26.6 Å². The van der Waals surface area contributed by atoms with Crippen molar-refractivity contribution in [3.63, 3.8) is 0 Å². The molecule has 2 aromatic rings. The average molecular weight is 696 g/mol. The average Bonchev–Trinajstić information content (AvgIpc) is 3.61. The molecule has 2 aliphatic heterocycles. The lowest BCUT2D eigenvalue weighted by Gasteiger charge is -2.30. The van der Waals surface area contributed by atoms with Gasteiger partial charge in [0.15, 0.2) is 12.3 Å². The molecule has 0 aliphatic carbocycles. The van der Waals surface area contributed by atoms with Crippen molar-refractivity contribution in [2.45, 2.75) is 102 Å². The summed E-state index contributed by atoms with van der Waals surface area (Å²) in [5.74, 6) is -4.38. The van der Waals surface area contributed by atoms with Crippen LogP contribution in [0.4, 0.5) is 16.2 Å². The fraction of sp³-hybridized carbons (Fsp3) is 0.486. The van der Waals surface area contributed by atoms with Gasteiger partial charge in [-0.2, -0.15) is 0 Å². The molecule has 3 amide bonds. The number of benzene rings is 2. The molecule has 0 aromatic heterocycles. The Labute approximate surface area is 290 Å². The van der Waals surface area contributed by atoms with Gasteiger partial charge in [0.05, 0.1) is 5.69 Å². The topological polar surface area (TPSA) is 221 Å². The Morgan fingerprint density at radius 2 is 1.44 bits per heavy atom. The summed E-state index contributed by atoms with van der Waals surface area (Å²) in [7, 11) is 0. The number of para-hydroxylation sites is 2. The van der Waals surface area contributed by atoms with E-state index in [1.165, 1.54) is 23.6 Å². The summed E-state index contributed by atoms with van der Waals surface area (Å²) in [6, 6.07) is 9.67. The Morgan fingerprint density at radius 3 is 2.04 bits per heavy atom. The van der Waals surface area contributed by atoms with Gasteiger partial charge in [-0.15, -0.1) is 0 Å². The molecule has 4 atom stereocenters. The third-order valence-corrected chi connectivity index (χ3v) is 8.45. The predicted molar refractivity (Wildman–Crippen MR) is 181 cm³/mol. The van der Waals surface area contributed by atoms with Crippen LogP contribution in [0.25, 0.3) is 0 Å². The molecule has 50 heavy (non-hydrogen) atoms. The number of primary amides is 1. The van der Waals surface area contributed by atoms with Gasteiger partial charge in [-0.3, -0.25) is 19.3 Å². The molecule has 6 N–H and O–H groups in total. The summed E-state index contributed by atoms with van der Waals surface area (Å²) in [6.45, 7) is 7.40.